The smallest absolute Gasteiger partial charge is 0.291 e. The fraction of sp³-hybridized carbons (Fsp3) is 0.143. The van der Waals surface area contributed by atoms with Crippen molar-refractivity contribution in [2.45, 2.75) is 47.2 Å². The topological polar surface area (TPSA) is 64.0 Å². The maximum Gasteiger partial charge on any atom is 0.291 e. The van der Waals surface area contributed by atoms with Crippen molar-refractivity contribution in [2.75, 3.05) is 0 Å². The van der Waals surface area contributed by atoms with E-state index in [9.17, 15) is 0 Å². The highest BCUT2D eigenvalue weighted by atomic mass is 16.3. The summed E-state index contributed by atoms with van der Waals surface area (Å²) in [5.41, 5.74) is 14.0. The summed E-state index contributed by atoms with van der Waals surface area (Å²) in [7, 11) is 0. The van der Waals surface area contributed by atoms with Crippen LogP contribution < -0.4 is 9.98 Å². The van der Waals surface area contributed by atoms with E-state index in [1.54, 1.807) is 6.21 Å². The highest BCUT2D eigenvalue weighted by molar-refractivity contribution is 6.16. The summed E-state index contributed by atoms with van der Waals surface area (Å²) in [5.74, 6) is 2.42. The van der Waals surface area contributed by atoms with E-state index in [1.807, 2.05) is 31.2 Å². The molecule has 0 spiro atoms. The number of nitrogens with one attached hydrogen (secondary N) is 1. The molecule has 0 bridgehead atoms. The number of amidine groups is 2. The molecule has 2 heterocycles. The number of benzene rings is 4. The predicted molar refractivity (Wildman–Crippen MR) is 232 cm³/mol. The normalized spacial score (nSPS) is 16.3. The van der Waals surface area contributed by atoms with Crippen LogP contribution in [0.3, 0.4) is 0 Å². The lowest BCUT2D eigenvalue weighted by Crippen LogP contribution is -2.38. The second-order valence-corrected chi connectivity index (χ2v) is 13.5. The Labute approximate surface area is 318 Å². The molecule has 266 valence electrons. The van der Waals surface area contributed by atoms with E-state index in [4.69, 9.17) is 14.4 Å². The first-order valence-corrected chi connectivity index (χ1v) is 18.5. The first-order valence-electron chi connectivity index (χ1n) is 18.5. The Balaban J connectivity index is 1.39. The lowest BCUT2D eigenvalue weighted by atomic mass is 9.95. The summed E-state index contributed by atoms with van der Waals surface area (Å²) in [6.45, 7) is 14.0. The minimum Gasteiger partial charge on any atom is -0.455 e. The highest BCUT2D eigenvalue weighted by Gasteiger charge is 2.27. The quantitative estimate of drug-likeness (QED) is 0.0942. The number of aryl methyl sites for hydroxylation is 1. The molecule has 0 saturated heterocycles. The third-order valence-corrected chi connectivity index (χ3v) is 9.95. The maximum atomic E-state index is 6.81. The van der Waals surface area contributed by atoms with Gasteiger partial charge >= 0.3 is 0 Å². The number of allylic oxidation sites excluding steroid dienone is 8. The molecule has 0 saturated carbocycles. The van der Waals surface area contributed by atoms with E-state index in [2.05, 4.69) is 160 Å². The van der Waals surface area contributed by atoms with Gasteiger partial charge in [-0.3, -0.25) is 0 Å². The number of nitrogens with zero attached hydrogens (tertiary/aromatic N) is 3. The number of aliphatic imine (C=N–C) groups is 2. The van der Waals surface area contributed by atoms with Crippen LogP contribution in [-0.2, 0) is 0 Å². The maximum absolute atomic E-state index is 6.81. The van der Waals surface area contributed by atoms with Gasteiger partial charge in [-0.2, -0.15) is 0 Å². The third kappa shape index (κ3) is 7.23. The molecular formula is C49H45N4O+. The summed E-state index contributed by atoms with van der Waals surface area (Å²) in [5, 5.41) is 4.68. The zero-order chi connectivity index (χ0) is 37.6. The lowest BCUT2D eigenvalue weighted by Gasteiger charge is -2.23. The van der Waals surface area contributed by atoms with Crippen LogP contribution in [0.15, 0.2) is 147 Å². The van der Waals surface area contributed by atoms with E-state index >= 15 is 0 Å². The van der Waals surface area contributed by atoms with E-state index < -0.39 is 6.17 Å². The monoisotopic (exact) mass is 705 g/mol. The van der Waals surface area contributed by atoms with Gasteiger partial charge in [-0.25, -0.2) is 9.98 Å². The number of hydrogen-bond donors (Lipinski definition) is 1. The Bertz CT molecular complexity index is 2510. The Morgan fingerprint density at radius 1 is 0.833 bits per heavy atom. The Morgan fingerprint density at radius 3 is 2.19 bits per heavy atom. The van der Waals surface area contributed by atoms with Gasteiger partial charge in [0.2, 0.25) is 0 Å². The van der Waals surface area contributed by atoms with Crippen molar-refractivity contribution in [2.24, 2.45) is 9.98 Å². The molecule has 1 N–H and O–H groups in total. The molecule has 54 heavy (non-hydrogen) atoms. The summed E-state index contributed by atoms with van der Waals surface area (Å²) in [6.07, 6.45) is 19.0. The first-order chi connectivity index (χ1) is 26.4. The van der Waals surface area contributed by atoms with Crippen molar-refractivity contribution in [3.05, 3.63) is 183 Å². The minimum atomic E-state index is -0.460. The van der Waals surface area contributed by atoms with Gasteiger partial charge in [-0.05, 0) is 97.7 Å². The van der Waals surface area contributed by atoms with Crippen LogP contribution in [0.1, 0.15) is 84.4 Å². The summed E-state index contributed by atoms with van der Waals surface area (Å²) in [4.78, 5) is 10.6. The van der Waals surface area contributed by atoms with Gasteiger partial charge in [-0.1, -0.05) is 121 Å². The van der Waals surface area contributed by atoms with Gasteiger partial charge in [0.15, 0.2) is 6.17 Å². The van der Waals surface area contributed by atoms with Crippen LogP contribution >= 0.6 is 0 Å². The standard InChI is InChI=1S/C49H45N4O/c1-7-13-34(9-3)36-20-24-39(25-21-36)48-51-47(38-15-11-10-12-16-38)52-49(53-48)40-26-27-42(37-22-18-35(19-23-37)32(4)29-30-50-6)46-43(31-40)45-41(14-8-2)33(5)17-28-44(45)54-46/h7-25,27-31,49H,6,26H2,1-5H3,(H,51,52,53)/q+1/b13-7-,14-8-,32-29+,34-9+. The average molecular weight is 706 g/mol. The van der Waals surface area contributed by atoms with E-state index in [-0.39, 0.29) is 0 Å². The molecule has 1 atom stereocenters. The summed E-state index contributed by atoms with van der Waals surface area (Å²) < 4.78 is 10.7. The summed E-state index contributed by atoms with van der Waals surface area (Å²) >= 11 is 0. The zero-order valence-electron chi connectivity index (χ0n) is 31.6. The van der Waals surface area contributed by atoms with Gasteiger partial charge in [0.05, 0.1) is 0 Å². The molecule has 2 aliphatic rings. The molecule has 0 fully saturated rings. The molecule has 5 heteroatoms. The lowest BCUT2D eigenvalue weighted by molar-refractivity contribution is 0.599. The van der Waals surface area contributed by atoms with Crippen LogP contribution in [0.5, 0.6) is 0 Å². The predicted octanol–water partition coefficient (Wildman–Crippen LogP) is 11.0. The van der Waals surface area contributed by atoms with Crippen molar-refractivity contribution in [1.82, 2.24) is 9.98 Å². The second kappa shape index (κ2) is 16.0. The molecule has 5 aromatic rings. The van der Waals surface area contributed by atoms with Crippen molar-refractivity contribution in [3.8, 4) is 0 Å². The van der Waals surface area contributed by atoms with Crippen LogP contribution in [0.25, 0.3) is 39.8 Å². The number of hydrogen-bond acceptors (Lipinski definition) is 4. The molecule has 1 aromatic heterocycles. The molecule has 4 aromatic carbocycles. The van der Waals surface area contributed by atoms with Crippen LogP contribution in [-0.4, -0.2) is 30.8 Å². The van der Waals surface area contributed by atoms with E-state index in [1.165, 1.54) is 11.1 Å². The fourth-order valence-electron chi connectivity index (χ4n) is 7.09. The highest BCUT2D eigenvalue weighted by Crippen LogP contribution is 2.42. The number of rotatable bonds is 9. The largest absolute Gasteiger partial charge is 0.455 e. The molecule has 1 aliphatic carbocycles. The number of fused-ring (bicyclic) bond motifs is 3. The SMILES string of the molecule is C=[N+]=C/C=C(\C)c1ccc(C2=CCC(C3N=C(c4ccccc4)NC(c4ccc(C(/C=C\C)=C/C)cc4)=N3)=Cc3c2oc2ccc(C)c(/C=C\C)c32)cc1. The van der Waals surface area contributed by atoms with Crippen LogP contribution in [0, 0.1) is 6.92 Å². The molecular weight excluding hydrogens is 661 g/mol. The molecule has 0 amide bonds. The third-order valence-electron chi connectivity index (χ3n) is 9.95. The molecule has 5 nitrogen and oxygen atoms in total. The van der Waals surface area contributed by atoms with Crippen molar-refractivity contribution < 1.29 is 4.42 Å². The molecule has 0 radical (unpaired) electrons. The molecule has 7 rings (SSSR count). The van der Waals surface area contributed by atoms with Gasteiger partial charge in [0, 0.05) is 33.7 Å². The Kier molecular flexibility index (Phi) is 10.6. The summed E-state index contributed by atoms with van der Waals surface area (Å²) in [6, 6.07) is 31.7. The van der Waals surface area contributed by atoms with Gasteiger partial charge in [0.1, 0.15) is 23.0 Å². The molecule has 1 unspecified atom stereocenters. The van der Waals surface area contributed by atoms with Crippen LogP contribution in [0.2, 0.25) is 0 Å². The van der Waals surface area contributed by atoms with Gasteiger partial charge in [-0.15, -0.1) is 4.67 Å². The number of furan rings is 1. The van der Waals surface area contributed by atoms with Gasteiger partial charge < -0.3 is 9.73 Å². The van der Waals surface area contributed by atoms with E-state index in [0.717, 1.165) is 84.1 Å². The second-order valence-electron chi connectivity index (χ2n) is 13.5. The van der Waals surface area contributed by atoms with E-state index in [0.29, 0.717) is 6.42 Å². The first kappa shape index (κ1) is 35.8. The van der Waals surface area contributed by atoms with Crippen molar-refractivity contribution >= 4 is 64.4 Å². The average Bonchev–Trinajstić information content (AvgIpc) is 3.46. The van der Waals surface area contributed by atoms with Crippen molar-refractivity contribution in [1.29, 1.82) is 0 Å². The fourth-order valence-corrected chi connectivity index (χ4v) is 7.09. The Morgan fingerprint density at radius 2 is 1.52 bits per heavy atom. The molecule has 1 aliphatic heterocycles. The van der Waals surface area contributed by atoms with Crippen molar-refractivity contribution in [3.63, 3.8) is 0 Å². The Hall–Kier alpha value is -6.55. The minimum absolute atomic E-state index is 0.460. The van der Waals surface area contributed by atoms with Crippen LogP contribution in [0.4, 0.5) is 0 Å². The zero-order valence-corrected chi connectivity index (χ0v) is 31.6. The van der Waals surface area contributed by atoms with Gasteiger partial charge in [0.25, 0.3) is 12.9 Å².